The molecule has 0 spiro atoms. The molecule has 1 N–H and O–H groups in total. The molecule has 0 radical (unpaired) electrons. The summed E-state index contributed by atoms with van der Waals surface area (Å²) in [6, 6.07) is 18.2. The van der Waals surface area contributed by atoms with Gasteiger partial charge in [-0.1, -0.05) is 36.4 Å². The molecule has 2 aromatic carbocycles. The number of hydrogen-bond acceptors (Lipinski definition) is 2. The van der Waals surface area contributed by atoms with Crippen LogP contribution in [-0.2, 0) is 19.4 Å². The maximum absolute atomic E-state index is 3.72. The van der Waals surface area contributed by atoms with Gasteiger partial charge in [-0.3, -0.25) is 0 Å². The molecule has 0 saturated carbocycles. The van der Waals surface area contributed by atoms with Crippen molar-refractivity contribution in [1.29, 1.82) is 0 Å². The van der Waals surface area contributed by atoms with E-state index in [1.807, 2.05) is 0 Å². The van der Waals surface area contributed by atoms with Gasteiger partial charge in [0.1, 0.15) is 0 Å². The van der Waals surface area contributed by atoms with Crippen LogP contribution in [0.5, 0.6) is 0 Å². The van der Waals surface area contributed by atoms with Crippen LogP contribution in [0.1, 0.15) is 23.1 Å². The maximum atomic E-state index is 3.72. The summed E-state index contributed by atoms with van der Waals surface area (Å²) in [6.45, 7) is 0.989. The fraction of sp³-hybridized carbons (Fsp3) is 0.368. The number of hydrogen-bond donors (Lipinski definition) is 1. The van der Waals surface area contributed by atoms with Crippen molar-refractivity contribution in [2.24, 2.45) is 0 Å². The average molecular weight is 280 g/mol. The molecule has 1 unspecified atom stereocenters. The van der Waals surface area contributed by atoms with Crippen LogP contribution >= 0.6 is 0 Å². The molecule has 1 aliphatic rings. The zero-order valence-electron chi connectivity index (χ0n) is 13.0. The Hall–Kier alpha value is -1.80. The summed E-state index contributed by atoms with van der Waals surface area (Å²) in [6.07, 6.45) is 3.54. The van der Waals surface area contributed by atoms with E-state index in [0.29, 0.717) is 6.04 Å². The normalized spacial score (nSPS) is 17.6. The molecule has 0 amide bonds. The molecule has 2 heteroatoms. The van der Waals surface area contributed by atoms with Gasteiger partial charge in [-0.05, 0) is 62.2 Å². The van der Waals surface area contributed by atoms with Crippen molar-refractivity contribution in [2.45, 2.75) is 31.8 Å². The second-order valence-electron chi connectivity index (χ2n) is 6.29. The maximum Gasteiger partial charge on any atom is 0.0345 e. The molecule has 0 aromatic heterocycles. The van der Waals surface area contributed by atoms with Crippen molar-refractivity contribution >= 4 is 5.69 Å². The van der Waals surface area contributed by atoms with E-state index < -0.39 is 0 Å². The topological polar surface area (TPSA) is 15.3 Å². The summed E-state index contributed by atoms with van der Waals surface area (Å²) in [5.74, 6) is 0. The standard InChI is InChI=1S/C19H24N2/c1-21(2)14-15-6-5-9-18(12-15)20-19-11-10-16-7-3-4-8-17(16)13-19/h3-9,12,19-20H,10-11,13-14H2,1-2H3. The van der Waals surface area contributed by atoms with Crippen LogP contribution in [0, 0.1) is 0 Å². The number of benzene rings is 2. The van der Waals surface area contributed by atoms with Crippen LogP contribution < -0.4 is 5.32 Å². The van der Waals surface area contributed by atoms with E-state index >= 15 is 0 Å². The molecule has 2 nitrogen and oxygen atoms in total. The Morgan fingerprint density at radius 2 is 1.86 bits per heavy atom. The summed E-state index contributed by atoms with van der Waals surface area (Å²) >= 11 is 0. The smallest absolute Gasteiger partial charge is 0.0345 e. The molecule has 110 valence electrons. The Morgan fingerprint density at radius 1 is 1.05 bits per heavy atom. The molecule has 0 heterocycles. The molecular formula is C19H24N2. The zero-order chi connectivity index (χ0) is 14.7. The van der Waals surface area contributed by atoms with Crippen LogP contribution in [0.2, 0.25) is 0 Å². The number of fused-ring (bicyclic) bond motifs is 1. The molecule has 0 fully saturated rings. The van der Waals surface area contributed by atoms with Gasteiger partial charge in [-0.2, -0.15) is 0 Å². The molecule has 1 atom stereocenters. The van der Waals surface area contributed by atoms with Gasteiger partial charge in [0.2, 0.25) is 0 Å². The van der Waals surface area contributed by atoms with Crippen LogP contribution in [0.4, 0.5) is 5.69 Å². The first-order valence-corrected chi connectivity index (χ1v) is 7.78. The van der Waals surface area contributed by atoms with E-state index in [1.165, 1.54) is 35.2 Å². The number of nitrogens with zero attached hydrogens (tertiary/aromatic N) is 1. The number of aryl methyl sites for hydroxylation is 1. The van der Waals surface area contributed by atoms with Gasteiger partial charge >= 0.3 is 0 Å². The molecule has 3 rings (SSSR count). The lowest BCUT2D eigenvalue weighted by atomic mass is 9.88. The van der Waals surface area contributed by atoms with E-state index in [4.69, 9.17) is 0 Å². The third-order valence-electron chi connectivity index (χ3n) is 4.14. The summed E-state index contributed by atoms with van der Waals surface area (Å²) in [5.41, 5.74) is 5.64. The molecule has 0 aliphatic heterocycles. The van der Waals surface area contributed by atoms with Crippen LogP contribution in [-0.4, -0.2) is 25.0 Å². The van der Waals surface area contributed by atoms with Gasteiger partial charge in [0.25, 0.3) is 0 Å². The third kappa shape index (κ3) is 3.64. The van der Waals surface area contributed by atoms with Crippen molar-refractivity contribution in [1.82, 2.24) is 4.90 Å². The highest BCUT2D eigenvalue weighted by molar-refractivity contribution is 5.47. The Morgan fingerprint density at radius 3 is 2.67 bits per heavy atom. The highest BCUT2D eigenvalue weighted by Crippen LogP contribution is 2.24. The highest BCUT2D eigenvalue weighted by Gasteiger charge is 2.17. The van der Waals surface area contributed by atoms with Gasteiger partial charge in [-0.25, -0.2) is 0 Å². The molecule has 0 bridgehead atoms. The summed E-state index contributed by atoms with van der Waals surface area (Å²) in [5, 5.41) is 3.72. The minimum Gasteiger partial charge on any atom is -0.382 e. The third-order valence-corrected chi connectivity index (χ3v) is 4.14. The first kappa shape index (κ1) is 14.2. The summed E-state index contributed by atoms with van der Waals surface area (Å²) in [4.78, 5) is 2.20. The summed E-state index contributed by atoms with van der Waals surface area (Å²) < 4.78 is 0. The summed E-state index contributed by atoms with van der Waals surface area (Å²) in [7, 11) is 4.22. The number of rotatable bonds is 4. The van der Waals surface area contributed by atoms with Crippen molar-refractivity contribution in [3.05, 3.63) is 65.2 Å². The Kier molecular flexibility index (Phi) is 4.26. The molecule has 21 heavy (non-hydrogen) atoms. The first-order chi connectivity index (χ1) is 10.2. The van der Waals surface area contributed by atoms with E-state index in [-0.39, 0.29) is 0 Å². The fourth-order valence-corrected chi connectivity index (χ4v) is 3.18. The second-order valence-corrected chi connectivity index (χ2v) is 6.29. The van der Waals surface area contributed by atoms with Gasteiger partial charge in [0.05, 0.1) is 0 Å². The van der Waals surface area contributed by atoms with E-state index in [1.54, 1.807) is 0 Å². The van der Waals surface area contributed by atoms with Gasteiger partial charge in [0, 0.05) is 18.3 Å². The monoisotopic (exact) mass is 280 g/mol. The zero-order valence-corrected chi connectivity index (χ0v) is 13.0. The largest absolute Gasteiger partial charge is 0.382 e. The molecule has 1 aliphatic carbocycles. The van der Waals surface area contributed by atoms with Gasteiger partial charge in [0.15, 0.2) is 0 Å². The fourth-order valence-electron chi connectivity index (χ4n) is 3.18. The van der Waals surface area contributed by atoms with Gasteiger partial charge in [-0.15, -0.1) is 0 Å². The van der Waals surface area contributed by atoms with Crippen LogP contribution in [0.3, 0.4) is 0 Å². The van der Waals surface area contributed by atoms with Crippen LogP contribution in [0.15, 0.2) is 48.5 Å². The van der Waals surface area contributed by atoms with Crippen molar-refractivity contribution < 1.29 is 0 Å². The van der Waals surface area contributed by atoms with Crippen molar-refractivity contribution in [2.75, 3.05) is 19.4 Å². The minimum atomic E-state index is 0.550. The lowest BCUT2D eigenvalue weighted by Crippen LogP contribution is -2.27. The van der Waals surface area contributed by atoms with Crippen molar-refractivity contribution in [3.8, 4) is 0 Å². The highest BCUT2D eigenvalue weighted by atomic mass is 15.0. The molecular weight excluding hydrogens is 256 g/mol. The lowest BCUT2D eigenvalue weighted by Gasteiger charge is -2.26. The second kappa shape index (κ2) is 6.31. The minimum absolute atomic E-state index is 0.550. The quantitative estimate of drug-likeness (QED) is 0.918. The van der Waals surface area contributed by atoms with E-state index in [2.05, 4.69) is 72.8 Å². The number of nitrogens with one attached hydrogen (secondary N) is 1. The van der Waals surface area contributed by atoms with Crippen molar-refractivity contribution in [3.63, 3.8) is 0 Å². The molecule has 2 aromatic rings. The Labute approximate surface area is 127 Å². The average Bonchev–Trinajstić information content (AvgIpc) is 2.47. The van der Waals surface area contributed by atoms with Gasteiger partial charge < -0.3 is 10.2 Å². The SMILES string of the molecule is CN(C)Cc1cccc(NC2CCc3ccccc3C2)c1. The first-order valence-electron chi connectivity index (χ1n) is 7.78. The molecule has 0 saturated heterocycles. The predicted molar refractivity (Wildman–Crippen MR) is 89.7 cm³/mol. The Balaban J connectivity index is 1.68. The lowest BCUT2D eigenvalue weighted by molar-refractivity contribution is 0.402. The Bertz CT molecular complexity index is 604. The number of anilines is 1. The van der Waals surface area contributed by atoms with E-state index in [9.17, 15) is 0 Å². The van der Waals surface area contributed by atoms with E-state index in [0.717, 1.165) is 13.0 Å². The predicted octanol–water partition coefficient (Wildman–Crippen LogP) is 3.72. The van der Waals surface area contributed by atoms with Crippen LogP contribution in [0.25, 0.3) is 0 Å².